The van der Waals surface area contributed by atoms with Crippen molar-refractivity contribution >= 4 is 11.8 Å². The largest absolute Gasteiger partial charge is 0.326 e. The minimum absolute atomic E-state index is 0.0879. The van der Waals surface area contributed by atoms with Crippen LogP contribution in [0.2, 0.25) is 0 Å². The summed E-state index contributed by atoms with van der Waals surface area (Å²) < 4.78 is 0. The molecule has 0 aliphatic heterocycles. The summed E-state index contributed by atoms with van der Waals surface area (Å²) in [5.41, 5.74) is 9.03. The molecule has 0 saturated carbocycles. The summed E-state index contributed by atoms with van der Waals surface area (Å²) in [5.74, 6) is 0. The lowest BCUT2D eigenvalue weighted by atomic mass is 10.2. The fraction of sp³-hybridized carbons (Fsp3) is 0.100. The van der Waals surface area contributed by atoms with Crippen molar-refractivity contribution in [3.05, 3.63) is 51.8 Å². The van der Waals surface area contributed by atoms with E-state index < -0.39 is 4.92 Å². The number of nitro benzene ring substituents is 1. The summed E-state index contributed by atoms with van der Waals surface area (Å²) in [6.45, 7) is 0.434. The van der Waals surface area contributed by atoms with Crippen LogP contribution in [0.1, 0.15) is 5.56 Å². The topological polar surface area (TPSA) is 69.2 Å². The maximum Gasteiger partial charge on any atom is 0.269 e. The van der Waals surface area contributed by atoms with Crippen molar-refractivity contribution in [2.75, 3.05) is 6.54 Å². The Labute approximate surface area is 81.5 Å². The van der Waals surface area contributed by atoms with Crippen molar-refractivity contribution in [2.45, 2.75) is 0 Å². The standard InChI is InChI=1S/C10H10N2O2/c11-8-2-1-3-9-4-6-10(7-5-9)12(13)14/h2-7H,8,11H2. The maximum absolute atomic E-state index is 10.3. The second kappa shape index (κ2) is 4.97. The van der Waals surface area contributed by atoms with Crippen LogP contribution in [-0.4, -0.2) is 11.5 Å². The molecule has 0 unspecified atom stereocenters. The molecular formula is C10H10N2O2. The van der Waals surface area contributed by atoms with Gasteiger partial charge in [0.1, 0.15) is 0 Å². The Hall–Kier alpha value is -1.90. The van der Waals surface area contributed by atoms with E-state index in [-0.39, 0.29) is 5.69 Å². The monoisotopic (exact) mass is 190 g/mol. The van der Waals surface area contributed by atoms with Gasteiger partial charge in [0, 0.05) is 18.7 Å². The maximum atomic E-state index is 10.3. The van der Waals surface area contributed by atoms with Gasteiger partial charge in [-0.1, -0.05) is 0 Å². The van der Waals surface area contributed by atoms with Gasteiger partial charge in [0.05, 0.1) is 4.92 Å². The highest BCUT2D eigenvalue weighted by molar-refractivity contribution is 5.51. The molecule has 0 atom stereocenters. The van der Waals surface area contributed by atoms with Crippen LogP contribution in [0.15, 0.2) is 36.1 Å². The lowest BCUT2D eigenvalue weighted by molar-refractivity contribution is -0.384. The first-order valence-electron chi connectivity index (χ1n) is 4.09. The molecule has 0 fully saturated rings. The molecule has 0 aromatic heterocycles. The van der Waals surface area contributed by atoms with Crippen LogP contribution >= 0.6 is 0 Å². The highest BCUT2D eigenvalue weighted by atomic mass is 16.6. The normalized spacial score (nSPS) is 8.93. The van der Waals surface area contributed by atoms with Crippen LogP contribution < -0.4 is 5.73 Å². The van der Waals surface area contributed by atoms with Crippen molar-refractivity contribution in [3.8, 4) is 0 Å². The average Bonchev–Trinajstić information content (AvgIpc) is 2.19. The molecule has 2 N–H and O–H groups in total. The summed E-state index contributed by atoms with van der Waals surface area (Å²) >= 11 is 0. The van der Waals surface area contributed by atoms with Gasteiger partial charge in [-0.2, -0.15) is 0 Å². The number of benzene rings is 1. The van der Waals surface area contributed by atoms with E-state index >= 15 is 0 Å². The van der Waals surface area contributed by atoms with Crippen LogP contribution in [0.4, 0.5) is 5.69 Å². The molecule has 0 saturated heterocycles. The number of hydrogen-bond acceptors (Lipinski definition) is 3. The van der Waals surface area contributed by atoms with Crippen LogP contribution in [0, 0.1) is 10.1 Å². The second-order valence-electron chi connectivity index (χ2n) is 2.60. The van der Waals surface area contributed by atoms with Gasteiger partial charge in [0.2, 0.25) is 0 Å². The first-order valence-corrected chi connectivity index (χ1v) is 4.09. The molecular weight excluding hydrogens is 180 g/mol. The van der Waals surface area contributed by atoms with E-state index in [0.29, 0.717) is 6.54 Å². The van der Waals surface area contributed by atoms with Crippen molar-refractivity contribution in [3.63, 3.8) is 0 Å². The highest BCUT2D eigenvalue weighted by Crippen LogP contribution is 2.12. The zero-order chi connectivity index (χ0) is 10.4. The number of non-ortho nitro benzene ring substituents is 1. The Kier molecular flexibility index (Phi) is 3.61. The summed E-state index contributed by atoms with van der Waals surface area (Å²) in [6, 6.07) is 6.23. The van der Waals surface area contributed by atoms with Crippen molar-refractivity contribution in [1.29, 1.82) is 0 Å². The summed E-state index contributed by atoms with van der Waals surface area (Å²) in [6.07, 6.45) is 3.40. The van der Waals surface area contributed by atoms with Gasteiger partial charge < -0.3 is 5.73 Å². The van der Waals surface area contributed by atoms with Gasteiger partial charge in [-0.3, -0.25) is 10.1 Å². The van der Waals surface area contributed by atoms with Crippen molar-refractivity contribution < 1.29 is 4.92 Å². The predicted molar refractivity (Wildman–Crippen MR) is 54.7 cm³/mol. The van der Waals surface area contributed by atoms with E-state index in [4.69, 9.17) is 5.73 Å². The molecule has 4 nitrogen and oxygen atoms in total. The smallest absolute Gasteiger partial charge is 0.269 e. The molecule has 0 aliphatic carbocycles. The molecule has 0 heterocycles. The fourth-order valence-electron chi connectivity index (χ4n) is 0.915. The van der Waals surface area contributed by atoms with Crippen LogP contribution in [0.3, 0.4) is 0 Å². The Bertz CT molecular complexity index is 376. The quantitative estimate of drug-likeness (QED) is 0.448. The van der Waals surface area contributed by atoms with Gasteiger partial charge in [0.25, 0.3) is 5.69 Å². The van der Waals surface area contributed by atoms with E-state index in [1.165, 1.54) is 12.1 Å². The summed E-state index contributed by atoms with van der Waals surface area (Å²) in [4.78, 5) is 9.90. The number of nitrogens with zero attached hydrogens (tertiary/aromatic N) is 1. The third-order valence-electron chi connectivity index (χ3n) is 1.59. The zero-order valence-corrected chi connectivity index (χ0v) is 7.51. The van der Waals surface area contributed by atoms with Crippen LogP contribution in [0.5, 0.6) is 0 Å². The average molecular weight is 190 g/mol. The van der Waals surface area contributed by atoms with Gasteiger partial charge in [-0.15, -0.1) is 5.73 Å². The van der Waals surface area contributed by atoms with Crippen LogP contribution in [0.25, 0.3) is 6.08 Å². The first kappa shape index (κ1) is 10.2. The third kappa shape index (κ3) is 2.86. The number of rotatable bonds is 3. The lowest BCUT2D eigenvalue weighted by Crippen LogP contribution is -1.90. The zero-order valence-electron chi connectivity index (χ0n) is 7.51. The van der Waals surface area contributed by atoms with Gasteiger partial charge in [0.15, 0.2) is 0 Å². The summed E-state index contributed by atoms with van der Waals surface area (Å²) in [5, 5.41) is 10.3. The van der Waals surface area contributed by atoms with Crippen molar-refractivity contribution in [2.24, 2.45) is 5.73 Å². The third-order valence-corrected chi connectivity index (χ3v) is 1.59. The number of nitro groups is 1. The minimum atomic E-state index is -0.427. The molecule has 0 radical (unpaired) electrons. The molecule has 4 heteroatoms. The Morgan fingerprint density at radius 2 is 2.07 bits per heavy atom. The SMILES string of the molecule is NCC=C=Cc1ccc([N+](=O)[O-])cc1. The van der Waals surface area contributed by atoms with E-state index in [9.17, 15) is 10.1 Å². The minimum Gasteiger partial charge on any atom is -0.326 e. The Morgan fingerprint density at radius 3 is 2.57 bits per heavy atom. The number of nitrogens with two attached hydrogens (primary N) is 1. The highest BCUT2D eigenvalue weighted by Gasteiger charge is 2.01. The Morgan fingerprint density at radius 1 is 1.43 bits per heavy atom. The molecule has 0 spiro atoms. The fourth-order valence-corrected chi connectivity index (χ4v) is 0.915. The molecule has 0 aliphatic rings. The van der Waals surface area contributed by atoms with Gasteiger partial charge in [-0.25, -0.2) is 0 Å². The molecule has 1 aromatic rings. The van der Waals surface area contributed by atoms with E-state index in [2.05, 4.69) is 5.73 Å². The summed E-state index contributed by atoms with van der Waals surface area (Å²) in [7, 11) is 0. The van der Waals surface area contributed by atoms with E-state index in [1.807, 2.05) is 0 Å². The second-order valence-corrected chi connectivity index (χ2v) is 2.60. The first-order chi connectivity index (χ1) is 6.74. The van der Waals surface area contributed by atoms with Gasteiger partial charge >= 0.3 is 0 Å². The Balaban J connectivity index is 2.84. The van der Waals surface area contributed by atoms with E-state index in [1.54, 1.807) is 24.3 Å². The molecule has 1 aromatic carbocycles. The molecule has 72 valence electrons. The molecule has 0 bridgehead atoms. The van der Waals surface area contributed by atoms with Gasteiger partial charge in [-0.05, 0) is 29.8 Å². The molecule has 1 rings (SSSR count). The molecule has 14 heavy (non-hydrogen) atoms. The lowest BCUT2D eigenvalue weighted by Gasteiger charge is -1.91. The number of hydrogen-bond donors (Lipinski definition) is 1. The van der Waals surface area contributed by atoms with Crippen molar-refractivity contribution in [1.82, 2.24) is 0 Å². The molecule has 0 amide bonds. The predicted octanol–water partition coefficient (Wildman–Crippen LogP) is 1.72. The van der Waals surface area contributed by atoms with E-state index in [0.717, 1.165) is 5.56 Å². The van der Waals surface area contributed by atoms with Crippen LogP contribution in [-0.2, 0) is 0 Å².